The quantitative estimate of drug-likeness (QED) is 0.389. The first-order valence-electron chi connectivity index (χ1n) is 9.09. The minimum Gasteiger partial charge on any atom is -0.493 e. The van der Waals surface area contributed by atoms with Crippen LogP contribution < -0.4 is 20.7 Å². The first-order valence-corrected chi connectivity index (χ1v) is 9.47. The summed E-state index contributed by atoms with van der Waals surface area (Å²) >= 11 is 6.03. The van der Waals surface area contributed by atoms with E-state index in [0.717, 1.165) is 20.2 Å². The van der Waals surface area contributed by atoms with Crippen molar-refractivity contribution in [3.8, 4) is 22.9 Å². The SMILES string of the molecule is COC(=O)c1nccc(OC)c1Oc1cc(-n2c(=O)cc(C(F)(F)F)n(C)c2=O)c(F)cc1Cl. The Morgan fingerprint density at radius 3 is 2.38 bits per heavy atom. The average Bonchev–Trinajstić information content (AvgIpc) is 2.77. The zero-order valence-electron chi connectivity index (χ0n) is 17.6. The summed E-state index contributed by atoms with van der Waals surface area (Å²) in [6.07, 6.45) is -3.78. The second-order valence-electron chi connectivity index (χ2n) is 6.56. The predicted octanol–water partition coefficient (Wildman–Crippen LogP) is 3.33. The van der Waals surface area contributed by atoms with Crippen molar-refractivity contribution < 1.29 is 36.6 Å². The van der Waals surface area contributed by atoms with Gasteiger partial charge in [-0.25, -0.2) is 23.5 Å². The van der Waals surface area contributed by atoms with Gasteiger partial charge in [-0.15, -0.1) is 0 Å². The maximum absolute atomic E-state index is 14.7. The summed E-state index contributed by atoms with van der Waals surface area (Å²) in [6.45, 7) is 0. The Hall–Kier alpha value is -3.87. The molecule has 1 aromatic carbocycles. The van der Waals surface area contributed by atoms with Gasteiger partial charge in [0.15, 0.2) is 11.4 Å². The highest BCUT2D eigenvalue weighted by atomic mass is 35.5. The van der Waals surface area contributed by atoms with Gasteiger partial charge in [0, 0.05) is 31.4 Å². The van der Waals surface area contributed by atoms with Crippen molar-refractivity contribution in [1.29, 1.82) is 0 Å². The van der Waals surface area contributed by atoms with E-state index < -0.39 is 40.6 Å². The standard InChI is InChI=1S/C20H14ClF4N3O6/c1-27-14(20(23,24)25)8-15(29)28(19(27)31)11-7-13(9(21)6-10(11)22)34-17-12(32-2)4-5-26-16(17)18(30)33-3/h4-8H,1-3H3. The van der Waals surface area contributed by atoms with E-state index in [0.29, 0.717) is 6.07 Å². The topological polar surface area (TPSA) is 102 Å². The van der Waals surface area contributed by atoms with Crippen molar-refractivity contribution in [2.24, 2.45) is 7.05 Å². The molecule has 0 atom stereocenters. The van der Waals surface area contributed by atoms with Crippen LogP contribution in [0.25, 0.3) is 5.69 Å². The molecule has 0 saturated heterocycles. The molecule has 3 rings (SSSR count). The van der Waals surface area contributed by atoms with Crippen LogP contribution >= 0.6 is 11.6 Å². The van der Waals surface area contributed by atoms with E-state index in [1.807, 2.05) is 0 Å². The van der Waals surface area contributed by atoms with Gasteiger partial charge in [0.2, 0.25) is 5.75 Å². The summed E-state index contributed by atoms with van der Waals surface area (Å²) in [5.41, 5.74) is -5.53. The second kappa shape index (κ2) is 9.17. The Balaban J connectivity index is 2.23. The van der Waals surface area contributed by atoms with E-state index in [2.05, 4.69) is 9.72 Å². The van der Waals surface area contributed by atoms with Crippen molar-refractivity contribution in [2.45, 2.75) is 6.18 Å². The monoisotopic (exact) mass is 503 g/mol. The minimum absolute atomic E-state index is 0.0000439. The third kappa shape index (κ3) is 4.46. The molecule has 9 nitrogen and oxygen atoms in total. The van der Waals surface area contributed by atoms with E-state index in [4.69, 9.17) is 21.1 Å². The number of benzene rings is 1. The van der Waals surface area contributed by atoms with Gasteiger partial charge in [-0.2, -0.15) is 13.2 Å². The van der Waals surface area contributed by atoms with Gasteiger partial charge < -0.3 is 14.2 Å². The van der Waals surface area contributed by atoms with Crippen LogP contribution in [0.15, 0.2) is 40.1 Å². The smallest absolute Gasteiger partial charge is 0.431 e. The number of hydrogen-bond acceptors (Lipinski definition) is 7. The summed E-state index contributed by atoms with van der Waals surface area (Å²) < 4.78 is 69.7. The lowest BCUT2D eigenvalue weighted by Crippen LogP contribution is -2.41. The number of esters is 1. The number of halogens is 5. The van der Waals surface area contributed by atoms with Crippen LogP contribution in [-0.2, 0) is 18.0 Å². The molecule has 0 aliphatic heterocycles. The molecule has 3 aromatic rings. The number of aromatic nitrogens is 3. The fraction of sp³-hybridized carbons (Fsp3) is 0.200. The van der Waals surface area contributed by atoms with E-state index >= 15 is 0 Å². The molecule has 0 spiro atoms. The highest BCUT2D eigenvalue weighted by Crippen LogP contribution is 2.38. The molecular weight excluding hydrogens is 490 g/mol. The number of rotatable bonds is 5. The molecule has 0 unspecified atom stereocenters. The summed E-state index contributed by atoms with van der Waals surface area (Å²) in [5.74, 6) is -2.78. The maximum Gasteiger partial charge on any atom is 0.431 e. The number of nitrogens with zero attached hydrogens (tertiary/aromatic N) is 3. The van der Waals surface area contributed by atoms with Gasteiger partial charge in [-0.05, 0) is 6.07 Å². The van der Waals surface area contributed by atoms with Gasteiger partial charge in [0.1, 0.15) is 17.3 Å². The number of alkyl halides is 3. The first-order chi connectivity index (χ1) is 15.9. The first kappa shape index (κ1) is 24.8. The lowest BCUT2D eigenvalue weighted by Gasteiger charge is -2.17. The van der Waals surface area contributed by atoms with Crippen molar-refractivity contribution in [2.75, 3.05) is 14.2 Å². The molecule has 2 aromatic heterocycles. The Bertz CT molecular complexity index is 1400. The van der Waals surface area contributed by atoms with Crippen LogP contribution in [0.2, 0.25) is 5.02 Å². The zero-order valence-corrected chi connectivity index (χ0v) is 18.3. The molecule has 0 radical (unpaired) electrons. The van der Waals surface area contributed by atoms with Gasteiger partial charge in [0.05, 0.1) is 24.9 Å². The molecule has 0 aliphatic rings. The van der Waals surface area contributed by atoms with Crippen molar-refractivity contribution in [3.63, 3.8) is 0 Å². The van der Waals surface area contributed by atoms with Crippen LogP contribution in [0.3, 0.4) is 0 Å². The number of hydrogen-bond donors (Lipinski definition) is 0. The lowest BCUT2D eigenvalue weighted by atomic mass is 10.2. The van der Waals surface area contributed by atoms with E-state index in [-0.39, 0.29) is 43.2 Å². The highest BCUT2D eigenvalue weighted by molar-refractivity contribution is 6.32. The van der Waals surface area contributed by atoms with Gasteiger partial charge >= 0.3 is 17.8 Å². The van der Waals surface area contributed by atoms with Crippen LogP contribution in [0.1, 0.15) is 16.2 Å². The van der Waals surface area contributed by atoms with Crippen LogP contribution in [-0.4, -0.2) is 34.3 Å². The normalized spacial score (nSPS) is 11.3. The fourth-order valence-electron chi connectivity index (χ4n) is 2.93. The Morgan fingerprint density at radius 2 is 1.79 bits per heavy atom. The Kier molecular flexibility index (Phi) is 6.68. The van der Waals surface area contributed by atoms with Crippen LogP contribution in [0.4, 0.5) is 17.6 Å². The highest BCUT2D eigenvalue weighted by Gasteiger charge is 2.35. The molecule has 180 valence electrons. The van der Waals surface area contributed by atoms with Gasteiger partial charge in [0.25, 0.3) is 5.56 Å². The van der Waals surface area contributed by atoms with E-state index in [1.54, 1.807) is 0 Å². The average molecular weight is 504 g/mol. The third-order valence-corrected chi connectivity index (χ3v) is 4.83. The molecule has 34 heavy (non-hydrogen) atoms. The largest absolute Gasteiger partial charge is 0.493 e. The molecular formula is C20H14ClF4N3O6. The predicted molar refractivity (Wildman–Crippen MR) is 109 cm³/mol. The molecule has 0 bridgehead atoms. The number of pyridine rings is 1. The third-order valence-electron chi connectivity index (χ3n) is 4.53. The van der Waals surface area contributed by atoms with Crippen molar-refractivity contribution in [3.05, 3.63) is 73.5 Å². The van der Waals surface area contributed by atoms with E-state index in [1.165, 1.54) is 19.4 Å². The van der Waals surface area contributed by atoms with Gasteiger partial charge in [-0.1, -0.05) is 11.6 Å². The molecule has 0 amide bonds. The summed E-state index contributed by atoms with van der Waals surface area (Å²) in [7, 11) is 3.12. The number of carbonyl (C=O) groups excluding carboxylic acids is 1. The number of methoxy groups -OCH3 is 2. The second-order valence-corrected chi connectivity index (χ2v) is 6.97. The van der Waals surface area contributed by atoms with E-state index in [9.17, 15) is 31.9 Å². The summed E-state index contributed by atoms with van der Waals surface area (Å²) in [4.78, 5) is 40.8. The molecule has 0 saturated carbocycles. The molecule has 14 heteroatoms. The van der Waals surface area contributed by atoms with Crippen molar-refractivity contribution >= 4 is 17.6 Å². The van der Waals surface area contributed by atoms with Crippen LogP contribution in [0.5, 0.6) is 17.2 Å². The molecule has 0 N–H and O–H groups in total. The fourth-order valence-corrected chi connectivity index (χ4v) is 3.12. The Labute approximate surface area is 192 Å². The zero-order chi connectivity index (χ0) is 25.4. The lowest BCUT2D eigenvalue weighted by molar-refractivity contribution is -0.144. The minimum atomic E-state index is -5.00. The Morgan fingerprint density at radius 1 is 1.12 bits per heavy atom. The van der Waals surface area contributed by atoms with Crippen LogP contribution in [0, 0.1) is 5.82 Å². The molecule has 0 fully saturated rings. The summed E-state index contributed by atoms with van der Waals surface area (Å²) in [6, 6.07) is 2.96. The number of carbonyl (C=O) groups is 1. The summed E-state index contributed by atoms with van der Waals surface area (Å²) in [5, 5.41) is -0.361. The maximum atomic E-state index is 14.7. The van der Waals surface area contributed by atoms with Crippen molar-refractivity contribution in [1.82, 2.24) is 14.1 Å². The van der Waals surface area contributed by atoms with Gasteiger partial charge in [-0.3, -0.25) is 9.36 Å². The number of ether oxygens (including phenoxy) is 3. The molecule has 0 aliphatic carbocycles. The molecule has 2 heterocycles.